The Morgan fingerprint density at radius 2 is 0.887 bits per heavy atom. The Bertz CT molecular complexity index is 8250. The van der Waals surface area contributed by atoms with Crippen LogP contribution in [0.15, 0.2) is 218 Å². The van der Waals surface area contributed by atoms with E-state index in [9.17, 15) is 34.8 Å². The highest BCUT2D eigenvalue weighted by Crippen LogP contribution is 2.60. The Morgan fingerprint density at radius 3 is 1.49 bits per heavy atom. The second-order valence-electron chi connectivity index (χ2n) is 29.4. The third-order valence-corrected chi connectivity index (χ3v) is 23.3. The quantitative estimate of drug-likeness (QED) is 0.0606. The number of ether oxygens (including phenoxy) is 2. The molecule has 580 valence electrons. The second-order valence-corrected chi connectivity index (χ2v) is 29.4. The number of fused-ring (bicyclic) bond motifs is 30. The zero-order valence-corrected chi connectivity index (χ0v) is 61.9. The van der Waals surface area contributed by atoms with Crippen LogP contribution in [0.5, 0.6) is 0 Å². The van der Waals surface area contributed by atoms with Crippen molar-refractivity contribution in [3.63, 3.8) is 0 Å². The number of benzene rings is 10. The van der Waals surface area contributed by atoms with E-state index < -0.39 is 84.9 Å². The monoisotopic (exact) mass is 1550 g/mol. The summed E-state index contributed by atoms with van der Waals surface area (Å²) in [5.74, 6) is -1.69. The molecule has 115 heavy (non-hydrogen) atoms. The number of nitrogens with two attached hydrogens (primary N) is 3. The molecule has 17 N–H and O–H groups in total. The zero-order valence-electron chi connectivity index (χ0n) is 81.9. The Morgan fingerprint density at radius 1 is 0.461 bits per heavy atom. The minimum Gasteiger partial charge on any atom is -0.481 e. The number of carbonyl (C=O) groups is 3. The van der Waals surface area contributed by atoms with Gasteiger partial charge in [0.05, 0.1) is 102 Å². The number of carboxylic acid groups (broad SMARTS) is 1. The summed E-state index contributed by atoms with van der Waals surface area (Å²) in [6, 6.07) is 22.9. The van der Waals surface area contributed by atoms with Crippen molar-refractivity contribution in [2.75, 3.05) is 32.8 Å². The molecule has 4 bridgehead atoms. The van der Waals surface area contributed by atoms with Gasteiger partial charge in [-0.3, -0.25) is 14.4 Å². The molecule has 0 radical (unpaired) electrons. The molecule has 0 spiro atoms. The molecule has 10 aromatic carbocycles. The van der Waals surface area contributed by atoms with Crippen molar-refractivity contribution in [2.24, 2.45) is 17.2 Å². The molecule has 0 aliphatic carbocycles. The fourth-order valence-corrected chi connectivity index (χ4v) is 18.0. The van der Waals surface area contributed by atoms with E-state index in [1.54, 1.807) is 35.1 Å². The van der Waals surface area contributed by atoms with Gasteiger partial charge in [-0.25, -0.2) is 0 Å². The molecule has 6 aliphatic rings. The molecule has 18 aromatic rings. The van der Waals surface area contributed by atoms with E-state index in [0.29, 0.717) is 98.6 Å². The number of H-pyrrole nitrogens is 4. The van der Waals surface area contributed by atoms with Crippen LogP contribution in [0.25, 0.3) is 131 Å². The van der Waals surface area contributed by atoms with Crippen molar-refractivity contribution >= 4 is 149 Å². The fraction of sp³-hybridized carbons (Fsp3) is 0.228. The Hall–Kier alpha value is -12.4. The number of aliphatic carboxylic acids is 1. The molecule has 2 amide bonds. The topological polar surface area (TPSA) is 356 Å². The summed E-state index contributed by atoms with van der Waals surface area (Å²) in [4.78, 5) is 48.8. The van der Waals surface area contributed by atoms with E-state index in [0.717, 1.165) is 78.4 Å². The van der Waals surface area contributed by atoms with Gasteiger partial charge in [0.25, 0.3) is 11.8 Å². The number of aromatic amines is 4. The lowest BCUT2D eigenvalue weighted by Gasteiger charge is -2.38. The number of nitrogens with zero attached hydrogens (tertiary/aromatic N) is 4. The lowest BCUT2D eigenvalue weighted by Crippen LogP contribution is -2.53. The van der Waals surface area contributed by atoms with Gasteiger partial charge in [-0.15, -0.1) is 0 Å². The molecule has 0 saturated carbocycles. The molecule has 23 heteroatoms. The molecule has 8 aromatic heterocycles. The maximum atomic E-state index is 13.3. The first-order valence-electron chi connectivity index (χ1n) is 47.5. The average molecular weight is 1550 g/mol. The highest BCUT2D eigenvalue weighted by atomic mass is 16.6. The predicted octanol–water partition coefficient (Wildman–Crippen LogP) is 13.8. The van der Waals surface area contributed by atoms with E-state index in [1.807, 2.05) is 94.3 Å². The number of para-hydroxylation sites is 8. The van der Waals surface area contributed by atoms with Crippen molar-refractivity contribution < 1.29 is 76.8 Å². The molecule has 6 aliphatic heterocycles. The minimum absolute atomic E-state index is 0.0155. The Kier molecular flexibility index (Phi) is 13.1. The van der Waals surface area contributed by atoms with Crippen LogP contribution >= 0.6 is 0 Å². The summed E-state index contributed by atoms with van der Waals surface area (Å²) in [6.45, 7) is 4.27. The van der Waals surface area contributed by atoms with Crippen molar-refractivity contribution in [1.82, 2.24) is 48.8 Å². The Balaban J connectivity index is 0.000000110. The number of amides is 2. The van der Waals surface area contributed by atoms with Gasteiger partial charge in [0.1, 0.15) is 23.7 Å². The summed E-state index contributed by atoms with van der Waals surface area (Å²) in [5.41, 5.74) is 21.9. The van der Waals surface area contributed by atoms with Crippen LogP contribution in [0.2, 0.25) is 0 Å². The summed E-state index contributed by atoms with van der Waals surface area (Å²) in [5, 5.41) is 66.4. The van der Waals surface area contributed by atoms with Gasteiger partial charge in [0, 0.05) is 137 Å². The molecular weight excluding hydrogens is 1450 g/mol. The first-order valence-corrected chi connectivity index (χ1v) is 37.5. The molecule has 6 atom stereocenters. The number of aliphatic hydroxyl groups is 4. The maximum Gasteiger partial charge on any atom is 0.307 e. The highest BCUT2D eigenvalue weighted by Gasteiger charge is 2.62. The molecule has 0 unspecified atom stereocenters. The van der Waals surface area contributed by atoms with Gasteiger partial charge in [0.15, 0.2) is 11.4 Å². The van der Waals surface area contributed by atoms with Crippen LogP contribution in [0.3, 0.4) is 0 Å². The van der Waals surface area contributed by atoms with E-state index in [4.69, 9.17) is 59.2 Å². The van der Waals surface area contributed by atoms with Crippen molar-refractivity contribution in [3.05, 3.63) is 263 Å². The fourth-order valence-electron chi connectivity index (χ4n) is 18.0. The molecule has 23 nitrogen and oxygen atoms in total. The largest absolute Gasteiger partial charge is 0.481 e. The number of rotatable bonds is 10. The number of aliphatic hydroxyl groups excluding tert-OH is 2. The van der Waals surface area contributed by atoms with E-state index in [2.05, 4.69) is 30.6 Å². The van der Waals surface area contributed by atoms with Crippen molar-refractivity contribution in [1.29, 1.82) is 0 Å². The van der Waals surface area contributed by atoms with Crippen LogP contribution in [-0.2, 0) is 64.5 Å². The number of carboxylic acids is 1. The summed E-state index contributed by atoms with van der Waals surface area (Å²) in [6.07, 6.45) is 3.93. The third kappa shape index (κ3) is 11.0. The summed E-state index contributed by atoms with van der Waals surface area (Å²) >= 11 is 0. The standard InChI is InChI=1S/2C26H21N3O4.3C10H12N2.C10H9NO2/c2*1-25-26(32,12-30)10-18(33-25)28-16-8-4-2-6-13(16)20-21-15(11-27-24(21)31)19-14-7-3-5-9-17(14)29(25)23(19)22(20)28;3*11-6-5-8-7-12-10-4-2-1-3-9(8)10;12-10(13)5-7-6-11-9-4-2-1-3-8(7)9/h2*2-9,18,30,32H,10-12H2,1H3,(H,27,31);3*1-4,7,12H,5-6,11H2;1-4,6,11H,5H2,(H,12,13)/t2*18-,25+,26+;;;;/m11..../s1/i3D,5D,7D,9D;2D,4D,6D,8D;1D,2D,3D,4D,7D;4D;3D;1D,2D,3D,4D,6D. The number of nitrogens with one attached hydrogen (secondary N) is 6. The maximum absolute atomic E-state index is 13.3. The molecular formula is C92H87N13O10. The number of hydrogen-bond acceptors (Lipinski definition) is 12. The van der Waals surface area contributed by atoms with Gasteiger partial charge in [-0.1, -0.05) is 145 Å². The van der Waals surface area contributed by atoms with Crippen molar-refractivity contribution in [3.8, 4) is 0 Å². The van der Waals surface area contributed by atoms with Crippen molar-refractivity contribution in [2.45, 2.75) is 101 Å². The van der Waals surface area contributed by atoms with Gasteiger partial charge >= 0.3 is 5.97 Å². The predicted molar refractivity (Wildman–Crippen MR) is 451 cm³/mol. The minimum atomic E-state index is -1.75. The first-order chi connectivity index (χ1) is 64.3. The van der Waals surface area contributed by atoms with Crippen LogP contribution in [0, 0.1) is 0 Å². The van der Waals surface area contributed by atoms with Crippen LogP contribution < -0.4 is 27.8 Å². The van der Waals surface area contributed by atoms with E-state index in [1.165, 1.54) is 5.56 Å². The molecule has 2 saturated heterocycles. The smallest absolute Gasteiger partial charge is 0.307 e. The van der Waals surface area contributed by atoms with Crippen LogP contribution in [-0.4, -0.2) is 126 Å². The van der Waals surface area contributed by atoms with Crippen LogP contribution in [0.4, 0.5) is 0 Å². The van der Waals surface area contributed by atoms with E-state index >= 15 is 0 Å². The van der Waals surface area contributed by atoms with Gasteiger partial charge in [-0.2, -0.15) is 0 Å². The molecule has 14 heterocycles. The first kappa shape index (κ1) is 53.6. The summed E-state index contributed by atoms with van der Waals surface area (Å²) < 4.78 is 181. The SMILES string of the molecule is [2H]c1[nH]c2c([2H])c([2H])c([2H])c([2H])c2c1CC(=O)O.[2H]c1[nH]c2c([2H])c([2H])c([2H])c([2H])c2c1CCN.[2H]c1c([2H])c([2H])c2c(c1[2H])c1c3c(c4c5ccccc5n5c4c1n2[C@@]1(C)O[C@@H]5C[C@]1(O)CO)C(=O)NC3.[2H]c1c([2H])c([2H])c2c(c1[2H])c1c3c(c4c5ccccc5n5c4c1n2[C@H]1C[C@](O)(CO)[C@]5(C)O1)CNC3=O.[2H]c1cccc2[nH]cc(CCN)c12.[2H]c1cccc2c(CCN)c[nH]c12. The summed E-state index contributed by atoms with van der Waals surface area (Å²) in [7, 11) is 0. The number of hydrogen-bond donors (Lipinski definition) is 14. The van der Waals surface area contributed by atoms with E-state index in [-0.39, 0.29) is 166 Å². The Labute approximate surface area is 685 Å². The zero-order chi connectivity index (χ0) is 96.4. The average Bonchev–Trinajstić information content (AvgIpc) is 1.49. The normalized spacial score (nSPS) is 23.0. The molecule has 24 rings (SSSR count). The second kappa shape index (κ2) is 28.0. The van der Waals surface area contributed by atoms with Gasteiger partial charge in [0.2, 0.25) is 0 Å². The van der Waals surface area contributed by atoms with Gasteiger partial charge < -0.3 is 101 Å². The molecule has 2 fully saturated rings. The lowest BCUT2D eigenvalue weighted by molar-refractivity contribution is -0.189. The third-order valence-electron chi connectivity index (χ3n) is 23.3. The van der Waals surface area contributed by atoms with Crippen LogP contribution in [0.1, 0.15) is 121 Å². The number of carbonyl (C=O) groups excluding carboxylic acids is 2. The lowest BCUT2D eigenvalue weighted by atomic mass is 9.89. The highest BCUT2D eigenvalue weighted by molar-refractivity contribution is 6.33. The van der Waals surface area contributed by atoms with Gasteiger partial charge in [-0.05, 0) is 135 Å². The number of aromatic nitrogens is 8.